The van der Waals surface area contributed by atoms with Crippen LogP contribution in [0, 0.1) is 0 Å². The van der Waals surface area contributed by atoms with Crippen LogP contribution in [0.4, 0.5) is 0 Å². The van der Waals surface area contributed by atoms with Gasteiger partial charge >= 0.3 is 0 Å². The van der Waals surface area contributed by atoms with Crippen LogP contribution in [0.1, 0.15) is 35.6 Å². The third-order valence-electron chi connectivity index (χ3n) is 4.79. The number of rotatable bonds is 2. The number of hydrogen-bond donors (Lipinski definition) is 0. The Morgan fingerprint density at radius 1 is 1.22 bits per heavy atom. The minimum atomic E-state index is -0.0239. The second-order valence-corrected chi connectivity index (χ2v) is 7.34. The number of fused-ring (bicyclic) bond motifs is 1. The fourth-order valence-corrected chi connectivity index (χ4v) is 4.57. The van der Waals surface area contributed by atoms with E-state index >= 15 is 0 Å². The van der Waals surface area contributed by atoms with E-state index in [4.69, 9.17) is 9.84 Å². The molecule has 1 saturated heterocycles. The van der Waals surface area contributed by atoms with Gasteiger partial charge in [-0.1, -0.05) is 18.2 Å². The summed E-state index contributed by atoms with van der Waals surface area (Å²) in [5.74, 6) is 1.42. The first-order valence-corrected chi connectivity index (χ1v) is 10.1. The minimum Gasteiger partial charge on any atom is -0.378 e. The van der Waals surface area contributed by atoms with Gasteiger partial charge in [0, 0.05) is 41.1 Å². The van der Waals surface area contributed by atoms with E-state index in [-0.39, 0.29) is 5.91 Å². The number of morpholine rings is 1. The maximum atomic E-state index is 13.2. The van der Waals surface area contributed by atoms with E-state index in [9.17, 15) is 4.79 Å². The smallest absolute Gasteiger partial charge is 0.274 e. The summed E-state index contributed by atoms with van der Waals surface area (Å²) in [4.78, 5) is 20.7. The molecule has 0 radical (unpaired) electrons. The van der Waals surface area contributed by atoms with E-state index in [2.05, 4.69) is 17.1 Å². The van der Waals surface area contributed by atoms with E-state index in [1.165, 1.54) is 4.91 Å². The van der Waals surface area contributed by atoms with Crippen molar-refractivity contribution < 1.29 is 9.53 Å². The zero-order chi connectivity index (χ0) is 18.8. The van der Waals surface area contributed by atoms with Crippen LogP contribution < -0.4 is 0 Å². The van der Waals surface area contributed by atoms with Gasteiger partial charge < -0.3 is 9.64 Å². The fraction of sp³-hybridized carbons (Fsp3) is 0.350. The summed E-state index contributed by atoms with van der Waals surface area (Å²) in [6.45, 7) is 6.42. The average Bonchev–Trinajstić information content (AvgIpc) is 3.13. The Morgan fingerprint density at radius 3 is 2.70 bits per heavy atom. The van der Waals surface area contributed by atoms with Crippen LogP contribution >= 0.6 is 11.8 Å². The van der Waals surface area contributed by atoms with Gasteiger partial charge in [-0.2, -0.15) is 5.10 Å². The fourth-order valence-electron chi connectivity index (χ4n) is 3.46. The maximum Gasteiger partial charge on any atom is 0.274 e. The van der Waals surface area contributed by atoms with Crippen molar-refractivity contribution in [2.45, 2.75) is 19.6 Å². The number of carbonyl (C=O) groups is 1. The van der Waals surface area contributed by atoms with E-state index in [1.807, 2.05) is 41.6 Å². The molecule has 0 unspecified atom stereocenters. The van der Waals surface area contributed by atoms with Gasteiger partial charge in [-0.15, -0.1) is 11.8 Å². The molecular formula is C20H22N4O2S. The molecule has 6 nitrogen and oxygen atoms in total. The molecule has 2 aliphatic heterocycles. The van der Waals surface area contributed by atoms with Gasteiger partial charge in [0.1, 0.15) is 0 Å². The summed E-state index contributed by atoms with van der Waals surface area (Å²) in [6, 6.07) is 5.73. The third kappa shape index (κ3) is 3.21. The molecule has 7 heteroatoms. The van der Waals surface area contributed by atoms with Gasteiger partial charge in [-0.3, -0.25) is 4.79 Å². The number of nitrogens with zero attached hydrogens (tertiary/aromatic N) is 4. The lowest BCUT2D eigenvalue weighted by Crippen LogP contribution is -2.41. The molecule has 2 aromatic heterocycles. The Kier molecular flexibility index (Phi) is 5.13. The number of ether oxygens (including phenoxy) is 1. The van der Waals surface area contributed by atoms with E-state index in [1.54, 1.807) is 18.0 Å². The molecule has 1 amide bonds. The monoisotopic (exact) mass is 382 g/mol. The van der Waals surface area contributed by atoms with Gasteiger partial charge in [0.25, 0.3) is 5.91 Å². The number of thioether (sulfide) groups is 1. The highest BCUT2D eigenvalue weighted by atomic mass is 32.2. The van der Waals surface area contributed by atoms with Crippen LogP contribution in [-0.2, 0) is 10.5 Å². The summed E-state index contributed by atoms with van der Waals surface area (Å²) in [5, 5.41) is 4.74. The third-order valence-corrected chi connectivity index (χ3v) is 5.99. The first kappa shape index (κ1) is 18.0. The minimum absolute atomic E-state index is 0.0239. The van der Waals surface area contributed by atoms with E-state index in [0.29, 0.717) is 32.0 Å². The zero-order valence-corrected chi connectivity index (χ0v) is 16.3. The van der Waals surface area contributed by atoms with Crippen molar-refractivity contribution in [2.75, 3.05) is 26.3 Å². The number of pyridine rings is 1. The molecule has 4 heterocycles. The van der Waals surface area contributed by atoms with Gasteiger partial charge in [-0.25, -0.2) is 9.67 Å². The second kappa shape index (κ2) is 7.70. The van der Waals surface area contributed by atoms with Gasteiger partial charge in [0.2, 0.25) is 0 Å². The maximum absolute atomic E-state index is 13.2. The first-order valence-electron chi connectivity index (χ1n) is 9.11. The van der Waals surface area contributed by atoms with Crippen LogP contribution in [-0.4, -0.2) is 51.9 Å². The molecule has 4 rings (SSSR count). The van der Waals surface area contributed by atoms with Crippen molar-refractivity contribution in [2.24, 2.45) is 0 Å². The summed E-state index contributed by atoms with van der Waals surface area (Å²) < 4.78 is 7.21. The summed E-state index contributed by atoms with van der Waals surface area (Å²) in [5.41, 5.74) is 3.59. The number of hydrogen-bond acceptors (Lipinski definition) is 5. The van der Waals surface area contributed by atoms with Crippen molar-refractivity contribution in [3.05, 3.63) is 58.4 Å². The Hall–Kier alpha value is -2.38. The van der Waals surface area contributed by atoms with Crippen LogP contribution in [0.5, 0.6) is 0 Å². The van der Waals surface area contributed by atoms with Crippen LogP contribution in [0.25, 0.3) is 11.4 Å². The molecular weight excluding hydrogens is 360 g/mol. The van der Waals surface area contributed by atoms with Crippen LogP contribution in [0.3, 0.4) is 0 Å². The highest BCUT2D eigenvalue weighted by Crippen LogP contribution is 2.43. The Balaban J connectivity index is 1.87. The lowest BCUT2D eigenvalue weighted by molar-refractivity contribution is 0.0298. The largest absolute Gasteiger partial charge is 0.378 e. The second-order valence-electron chi connectivity index (χ2n) is 6.32. The number of carbonyl (C=O) groups excluding carboxylic acids is 1. The lowest BCUT2D eigenvalue weighted by atomic mass is 10.0. The number of amides is 1. The summed E-state index contributed by atoms with van der Waals surface area (Å²) in [7, 11) is 0. The Labute approximate surface area is 162 Å². The highest BCUT2D eigenvalue weighted by molar-refractivity contribution is 8.03. The molecule has 2 aromatic rings. The van der Waals surface area contributed by atoms with Crippen LogP contribution in [0.2, 0.25) is 0 Å². The molecule has 27 heavy (non-hydrogen) atoms. The number of aromatic nitrogens is 3. The molecule has 0 atom stereocenters. The van der Waals surface area contributed by atoms with E-state index in [0.717, 1.165) is 28.4 Å². The molecule has 0 spiro atoms. The molecule has 0 aromatic carbocycles. The van der Waals surface area contributed by atoms with Gasteiger partial charge in [0.15, 0.2) is 11.5 Å². The highest BCUT2D eigenvalue weighted by Gasteiger charge is 2.33. The molecule has 0 aliphatic carbocycles. The van der Waals surface area contributed by atoms with Crippen molar-refractivity contribution in [3.8, 4) is 5.82 Å². The summed E-state index contributed by atoms with van der Waals surface area (Å²) >= 11 is 1.75. The predicted octanol–water partition coefficient (Wildman–Crippen LogP) is 3.29. The molecule has 0 bridgehead atoms. The Morgan fingerprint density at radius 2 is 2.04 bits per heavy atom. The molecule has 0 saturated carbocycles. The normalized spacial score (nSPS) is 20.1. The van der Waals surface area contributed by atoms with Crippen molar-refractivity contribution in [1.82, 2.24) is 19.7 Å². The molecule has 2 aliphatic rings. The Bertz CT molecular complexity index is 912. The molecule has 0 N–H and O–H groups in total. The van der Waals surface area contributed by atoms with Crippen molar-refractivity contribution >= 4 is 23.2 Å². The quantitative estimate of drug-likeness (QED) is 0.798. The standard InChI is InChI=1S/C20H22N4O2S/c1-3-14-16(4-2)27-13-15-18(20(25)23-9-11-26-12-10-23)22-24(19(14)15)17-7-5-6-8-21-17/h3-8H,9-13H2,1-2H3/b14-3+,16-4+. The topological polar surface area (TPSA) is 60.3 Å². The van der Waals surface area contributed by atoms with Crippen molar-refractivity contribution in [3.63, 3.8) is 0 Å². The molecule has 140 valence electrons. The SMILES string of the molecule is C/C=C1\C(=C/C)SCc2c(C(=O)N3CCOCC3)nn(-c3ccccn3)c21. The molecule has 1 fully saturated rings. The number of allylic oxidation sites excluding steroid dienone is 3. The van der Waals surface area contributed by atoms with Gasteiger partial charge in [0.05, 0.1) is 18.9 Å². The lowest BCUT2D eigenvalue weighted by Gasteiger charge is -2.26. The summed E-state index contributed by atoms with van der Waals surface area (Å²) in [6.07, 6.45) is 5.95. The predicted molar refractivity (Wildman–Crippen MR) is 107 cm³/mol. The van der Waals surface area contributed by atoms with Crippen LogP contribution in [0.15, 0.2) is 41.5 Å². The zero-order valence-electron chi connectivity index (χ0n) is 15.5. The van der Waals surface area contributed by atoms with Crippen molar-refractivity contribution in [1.29, 1.82) is 0 Å². The van der Waals surface area contributed by atoms with Gasteiger partial charge in [-0.05, 0) is 26.0 Å². The first-order chi connectivity index (χ1) is 13.2. The van der Waals surface area contributed by atoms with E-state index < -0.39 is 0 Å². The average molecular weight is 382 g/mol.